The van der Waals surface area contributed by atoms with Gasteiger partial charge in [-0.3, -0.25) is 9.59 Å². The number of ether oxygens (including phenoxy) is 2. The van der Waals surface area contributed by atoms with Gasteiger partial charge in [0, 0.05) is 18.7 Å². The molecule has 0 atom stereocenters. The molecule has 0 aromatic heterocycles. The molecule has 1 saturated heterocycles. The van der Waals surface area contributed by atoms with E-state index < -0.39 is 11.4 Å². The van der Waals surface area contributed by atoms with Crippen molar-refractivity contribution in [2.75, 3.05) is 27.3 Å². The van der Waals surface area contributed by atoms with E-state index in [4.69, 9.17) is 9.47 Å². The SMILES string of the molecule is COc1cccc(OC)c1CC(=O)N1CCC(C(=O)O)(c2ccccc2)CC1. The van der Waals surface area contributed by atoms with Crippen LogP contribution in [0.3, 0.4) is 0 Å². The second-order valence-corrected chi connectivity index (χ2v) is 6.95. The van der Waals surface area contributed by atoms with E-state index in [0.29, 0.717) is 43.0 Å². The fraction of sp³-hybridized carbons (Fsp3) is 0.364. The Morgan fingerprint density at radius 2 is 1.54 bits per heavy atom. The van der Waals surface area contributed by atoms with Crippen molar-refractivity contribution in [3.05, 3.63) is 59.7 Å². The van der Waals surface area contributed by atoms with Gasteiger partial charge in [-0.25, -0.2) is 0 Å². The first-order valence-corrected chi connectivity index (χ1v) is 9.28. The number of benzene rings is 2. The summed E-state index contributed by atoms with van der Waals surface area (Å²) in [5.41, 5.74) is 0.553. The Hall–Kier alpha value is -3.02. The zero-order valence-corrected chi connectivity index (χ0v) is 16.2. The van der Waals surface area contributed by atoms with E-state index in [9.17, 15) is 14.7 Å². The Morgan fingerprint density at radius 1 is 0.964 bits per heavy atom. The van der Waals surface area contributed by atoms with Gasteiger partial charge in [0.1, 0.15) is 11.5 Å². The number of aliphatic carboxylic acids is 1. The van der Waals surface area contributed by atoms with Crippen LogP contribution in [-0.4, -0.2) is 49.2 Å². The van der Waals surface area contributed by atoms with Crippen molar-refractivity contribution in [2.45, 2.75) is 24.7 Å². The van der Waals surface area contributed by atoms with Crippen molar-refractivity contribution < 1.29 is 24.2 Å². The maximum atomic E-state index is 12.9. The zero-order chi connectivity index (χ0) is 20.1. The number of rotatable bonds is 6. The molecule has 0 aliphatic carbocycles. The van der Waals surface area contributed by atoms with Gasteiger partial charge in [-0.05, 0) is 30.5 Å². The molecular formula is C22H25NO5. The Kier molecular flexibility index (Phi) is 5.87. The summed E-state index contributed by atoms with van der Waals surface area (Å²) in [6, 6.07) is 14.7. The summed E-state index contributed by atoms with van der Waals surface area (Å²) in [6.07, 6.45) is 0.931. The molecule has 6 nitrogen and oxygen atoms in total. The van der Waals surface area contributed by atoms with Crippen molar-refractivity contribution in [1.82, 2.24) is 4.90 Å². The van der Waals surface area contributed by atoms with Crippen molar-refractivity contribution in [1.29, 1.82) is 0 Å². The fourth-order valence-electron chi connectivity index (χ4n) is 3.89. The summed E-state index contributed by atoms with van der Waals surface area (Å²) in [5, 5.41) is 9.90. The number of piperidine rings is 1. The molecule has 148 valence electrons. The molecule has 0 bridgehead atoms. The molecule has 0 radical (unpaired) electrons. The largest absolute Gasteiger partial charge is 0.496 e. The van der Waals surface area contributed by atoms with Crippen LogP contribution in [0.15, 0.2) is 48.5 Å². The molecule has 0 unspecified atom stereocenters. The monoisotopic (exact) mass is 383 g/mol. The second kappa shape index (κ2) is 8.33. The molecule has 1 N–H and O–H groups in total. The molecular weight excluding hydrogens is 358 g/mol. The van der Waals surface area contributed by atoms with Crippen LogP contribution in [0, 0.1) is 0 Å². The van der Waals surface area contributed by atoms with Crippen LogP contribution in [0.25, 0.3) is 0 Å². The third-order valence-corrected chi connectivity index (χ3v) is 5.56. The van der Waals surface area contributed by atoms with Crippen LogP contribution in [0.5, 0.6) is 11.5 Å². The summed E-state index contributed by atoms with van der Waals surface area (Å²) < 4.78 is 10.7. The van der Waals surface area contributed by atoms with Crippen molar-refractivity contribution in [3.8, 4) is 11.5 Å². The number of hydrogen-bond donors (Lipinski definition) is 1. The Labute approximate surface area is 164 Å². The van der Waals surface area contributed by atoms with Crippen molar-refractivity contribution in [2.24, 2.45) is 0 Å². The summed E-state index contributed by atoms with van der Waals surface area (Å²) in [5.74, 6) is 0.315. The average Bonchev–Trinajstić information content (AvgIpc) is 2.74. The van der Waals surface area contributed by atoms with E-state index in [1.807, 2.05) is 36.4 Å². The first kappa shape index (κ1) is 19.7. The van der Waals surface area contributed by atoms with Crippen molar-refractivity contribution >= 4 is 11.9 Å². The van der Waals surface area contributed by atoms with Crippen LogP contribution in [-0.2, 0) is 21.4 Å². The number of methoxy groups -OCH3 is 2. The highest BCUT2D eigenvalue weighted by Gasteiger charge is 2.43. The van der Waals surface area contributed by atoms with Gasteiger partial charge in [0.25, 0.3) is 0 Å². The molecule has 0 saturated carbocycles. The number of carboxylic acid groups (broad SMARTS) is 1. The van der Waals surface area contributed by atoms with E-state index in [1.165, 1.54) is 0 Å². The minimum Gasteiger partial charge on any atom is -0.496 e. The van der Waals surface area contributed by atoms with E-state index in [2.05, 4.69) is 0 Å². The molecule has 1 heterocycles. The normalized spacial score (nSPS) is 15.7. The maximum Gasteiger partial charge on any atom is 0.314 e. The summed E-state index contributed by atoms with van der Waals surface area (Å²) in [7, 11) is 3.12. The standard InChI is InChI=1S/C22H25NO5/c1-27-18-9-6-10-19(28-2)17(18)15-20(24)23-13-11-22(12-14-23,21(25)26)16-7-4-3-5-8-16/h3-10H,11-15H2,1-2H3,(H,25,26). The number of hydrogen-bond acceptors (Lipinski definition) is 4. The van der Waals surface area contributed by atoms with Gasteiger partial charge < -0.3 is 19.5 Å². The fourth-order valence-corrected chi connectivity index (χ4v) is 3.89. The Morgan fingerprint density at radius 3 is 2.04 bits per heavy atom. The number of likely N-dealkylation sites (tertiary alicyclic amines) is 1. The minimum atomic E-state index is -0.944. The topological polar surface area (TPSA) is 76.1 Å². The van der Waals surface area contributed by atoms with E-state index >= 15 is 0 Å². The van der Waals surface area contributed by atoms with Crippen LogP contribution < -0.4 is 9.47 Å². The first-order valence-electron chi connectivity index (χ1n) is 9.28. The first-order chi connectivity index (χ1) is 13.5. The van der Waals surface area contributed by atoms with Gasteiger partial charge in [-0.2, -0.15) is 0 Å². The number of carboxylic acids is 1. The lowest BCUT2D eigenvalue weighted by Crippen LogP contribution is -2.49. The predicted octanol–water partition coefficient (Wildman–Crippen LogP) is 2.89. The molecule has 1 amide bonds. The Balaban J connectivity index is 1.75. The van der Waals surface area contributed by atoms with Crippen LogP contribution in [0.4, 0.5) is 0 Å². The number of carbonyl (C=O) groups excluding carboxylic acids is 1. The van der Waals surface area contributed by atoms with Gasteiger partial charge in [-0.1, -0.05) is 36.4 Å². The van der Waals surface area contributed by atoms with Crippen LogP contribution >= 0.6 is 0 Å². The van der Waals surface area contributed by atoms with Crippen molar-refractivity contribution in [3.63, 3.8) is 0 Å². The number of nitrogens with zero attached hydrogens (tertiary/aromatic N) is 1. The zero-order valence-electron chi connectivity index (χ0n) is 16.2. The maximum absolute atomic E-state index is 12.9. The van der Waals surface area contributed by atoms with E-state index in [-0.39, 0.29) is 12.3 Å². The molecule has 1 aliphatic rings. The minimum absolute atomic E-state index is 0.0603. The lowest BCUT2D eigenvalue weighted by atomic mass is 9.73. The van der Waals surface area contributed by atoms with Gasteiger partial charge in [0.05, 0.1) is 26.1 Å². The third kappa shape index (κ3) is 3.67. The molecule has 0 spiro atoms. The molecule has 2 aromatic carbocycles. The lowest BCUT2D eigenvalue weighted by Gasteiger charge is -2.39. The Bertz CT molecular complexity index is 819. The molecule has 1 aliphatic heterocycles. The molecule has 1 fully saturated rings. The third-order valence-electron chi connectivity index (χ3n) is 5.56. The van der Waals surface area contributed by atoms with Gasteiger partial charge in [0.15, 0.2) is 0 Å². The number of amides is 1. The molecule has 3 rings (SSSR count). The highest BCUT2D eigenvalue weighted by molar-refractivity contribution is 5.84. The van der Waals surface area contributed by atoms with Gasteiger partial charge in [-0.15, -0.1) is 0 Å². The highest BCUT2D eigenvalue weighted by atomic mass is 16.5. The summed E-state index contributed by atoms with van der Waals surface area (Å²) >= 11 is 0. The van der Waals surface area contributed by atoms with Crippen LogP contribution in [0.1, 0.15) is 24.0 Å². The molecule has 2 aromatic rings. The summed E-state index contributed by atoms with van der Waals surface area (Å²) in [4.78, 5) is 26.7. The van der Waals surface area contributed by atoms with E-state index in [1.54, 1.807) is 31.3 Å². The van der Waals surface area contributed by atoms with Gasteiger partial charge >= 0.3 is 5.97 Å². The van der Waals surface area contributed by atoms with E-state index in [0.717, 1.165) is 5.56 Å². The van der Waals surface area contributed by atoms with Gasteiger partial charge in [0.2, 0.25) is 5.91 Å². The highest BCUT2D eigenvalue weighted by Crippen LogP contribution is 2.36. The molecule has 28 heavy (non-hydrogen) atoms. The second-order valence-electron chi connectivity index (χ2n) is 6.95. The summed E-state index contributed by atoms with van der Waals surface area (Å²) in [6.45, 7) is 0.801. The quantitative estimate of drug-likeness (QED) is 0.830. The van der Waals surface area contributed by atoms with Crippen LogP contribution in [0.2, 0.25) is 0 Å². The molecule has 6 heteroatoms. The predicted molar refractivity (Wildman–Crippen MR) is 105 cm³/mol. The number of carbonyl (C=O) groups is 2. The average molecular weight is 383 g/mol. The smallest absolute Gasteiger partial charge is 0.314 e. The lowest BCUT2D eigenvalue weighted by molar-refractivity contribution is -0.148.